The minimum absolute atomic E-state index is 0.290. The van der Waals surface area contributed by atoms with E-state index in [4.69, 9.17) is 0 Å². The van der Waals surface area contributed by atoms with Crippen LogP contribution in [0, 0.1) is 0 Å². The Bertz CT molecular complexity index is 357. The van der Waals surface area contributed by atoms with Crippen molar-refractivity contribution in [2.45, 2.75) is 54.6 Å². The maximum Gasteiger partial charge on any atom is 0.156 e. The molecule has 2 aliphatic rings. The molecule has 0 radical (unpaired) electrons. The third kappa shape index (κ3) is 2.66. The van der Waals surface area contributed by atoms with Gasteiger partial charge in [0.05, 0.1) is 16.1 Å². The summed E-state index contributed by atoms with van der Waals surface area (Å²) in [4.78, 5) is 2.04. The van der Waals surface area contributed by atoms with Gasteiger partial charge in [-0.2, -0.15) is 0 Å². The molecule has 2 bridgehead atoms. The number of fused-ring (bicyclic) bond motifs is 2. The van der Waals surface area contributed by atoms with Crippen LogP contribution in [0.3, 0.4) is 0 Å². The summed E-state index contributed by atoms with van der Waals surface area (Å²) >= 11 is 0. The molecule has 0 aromatic heterocycles. The molecule has 0 aliphatic carbocycles. The Morgan fingerprint density at radius 1 is 1.24 bits per heavy atom. The van der Waals surface area contributed by atoms with Crippen LogP contribution in [0.5, 0.6) is 0 Å². The number of aliphatic hydroxyl groups is 1. The largest absolute Gasteiger partial charge is 0.390 e. The van der Waals surface area contributed by atoms with E-state index in [-0.39, 0.29) is 10.5 Å². The fourth-order valence-corrected chi connectivity index (χ4v) is 5.80. The molecule has 0 aromatic rings. The van der Waals surface area contributed by atoms with Gasteiger partial charge in [0.1, 0.15) is 0 Å². The fourth-order valence-electron chi connectivity index (χ4n) is 3.18. The lowest BCUT2D eigenvalue weighted by Gasteiger charge is -2.44. The predicted octanol–water partition coefficient (Wildman–Crippen LogP) is 0.799. The van der Waals surface area contributed by atoms with Gasteiger partial charge >= 0.3 is 0 Å². The molecule has 100 valence electrons. The summed E-state index contributed by atoms with van der Waals surface area (Å²) in [5.41, 5.74) is -0.759. The molecule has 2 atom stereocenters. The molecule has 1 N–H and O–H groups in total. The fraction of sp³-hybridized carbons (Fsp3) is 1.00. The maximum atomic E-state index is 12.1. The Labute approximate surface area is 104 Å². The molecule has 2 aliphatic heterocycles. The van der Waals surface area contributed by atoms with Gasteiger partial charge in [0.2, 0.25) is 0 Å². The molecule has 2 fully saturated rings. The highest BCUT2D eigenvalue weighted by atomic mass is 32.2. The zero-order valence-electron chi connectivity index (χ0n) is 10.7. The van der Waals surface area contributed by atoms with Gasteiger partial charge in [-0.1, -0.05) is 6.42 Å². The van der Waals surface area contributed by atoms with Crippen molar-refractivity contribution in [2.75, 3.05) is 20.6 Å². The maximum absolute atomic E-state index is 12.1. The minimum Gasteiger partial charge on any atom is -0.390 e. The summed E-state index contributed by atoms with van der Waals surface area (Å²) in [7, 11) is 1.00. The van der Waals surface area contributed by atoms with Gasteiger partial charge in [-0.3, -0.25) is 0 Å². The lowest BCUT2D eigenvalue weighted by Crippen LogP contribution is -2.52. The van der Waals surface area contributed by atoms with Gasteiger partial charge < -0.3 is 10.0 Å². The molecule has 2 heterocycles. The quantitative estimate of drug-likeness (QED) is 0.816. The van der Waals surface area contributed by atoms with Gasteiger partial charge in [0, 0.05) is 6.54 Å². The van der Waals surface area contributed by atoms with Crippen LogP contribution in [0.25, 0.3) is 0 Å². The molecule has 0 saturated carbocycles. The molecule has 5 heteroatoms. The normalized spacial score (nSPS) is 40.5. The average molecular weight is 261 g/mol. The first kappa shape index (κ1) is 13.3. The number of nitrogens with zero attached hydrogens (tertiary/aromatic N) is 1. The Morgan fingerprint density at radius 3 is 2.24 bits per heavy atom. The first-order valence-corrected chi connectivity index (χ1v) is 8.04. The summed E-state index contributed by atoms with van der Waals surface area (Å²) < 4.78 is 24.2. The van der Waals surface area contributed by atoms with E-state index in [1.165, 1.54) is 0 Å². The van der Waals surface area contributed by atoms with Crippen LogP contribution in [-0.4, -0.2) is 55.2 Å². The molecule has 2 saturated heterocycles. The lowest BCUT2D eigenvalue weighted by atomic mass is 9.83. The summed E-state index contributed by atoms with van der Waals surface area (Å²) in [5.74, 6) is 0. The van der Waals surface area contributed by atoms with Crippen molar-refractivity contribution < 1.29 is 13.5 Å². The van der Waals surface area contributed by atoms with E-state index in [2.05, 4.69) is 0 Å². The van der Waals surface area contributed by atoms with Crippen molar-refractivity contribution in [1.82, 2.24) is 4.90 Å². The zero-order chi connectivity index (χ0) is 12.7. The molecular weight excluding hydrogens is 238 g/mol. The Hall–Kier alpha value is -0.130. The highest BCUT2D eigenvalue weighted by Crippen LogP contribution is 2.42. The van der Waals surface area contributed by atoms with Crippen LogP contribution in [-0.2, 0) is 9.84 Å². The Morgan fingerprint density at radius 2 is 1.76 bits per heavy atom. The summed E-state index contributed by atoms with van der Waals surface area (Å²) in [6.07, 6.45) is 4.05. The number of sulfone groups is 1. The van der Waals surface area contributed by atoms with Crippen LogP contribution in [0.4, 0.5) is 0 Å². The first-order chi connectivity index (χ1) is 7.83. The second-order valence-corrected chi connectivity index (χ2v) is 8.46. The van der Waals surface area contributed by atoms with E-state index >= 15 is 0 Å². The van der Waals surface area contributed by atoms with E-state index in [9.17, 15) is 13.5 Å². The van der Waals surface area contributed by atoms with E-state index < -0.39 is 15.4 Å². The van der Waals surface area contributed by atoms with Crippen molar-refractivity contribution in [3.05, 3.63) is 0 Å². The lowest BCUT2D eigenvalue weighted by molar-refractivity contribution is -0.00334. The van der Waals surface area contributed by atoms with Crippen LogP contribution in [0.2, 0.25) is 0 Å². The summed E-state index contributed by atoms with van der Waals surface area (Å²) in [5, 5.41) is 9.99. The Kier molecular flexibility index (Phi) is 3.54. The Balaban J connectivity index is 2.10. The van der Waals surface area contributed by atoms with Gasteiger partial charge in [-0.25, -0.2) is 8.42 Å². The van der Waals surface area contributed by atoms with E-state index in [1.807, 2.05) is 19.0 Å². The molecule has 2 unspecified atom stereocenters. The van der Waals surface area contributed by atoms with Crippen molar-refractivity contribution in [3.8, 4) is 0 Å². The van der Waals surface area contributed by atoms with Crippen molar-refractivity contribution in [1.29, 1.82) is 0 Å². The standard InChI is InChI=1S/C12H23NO3S/c1-13(2)7-6-12(14)8-10-4-3-5-11(9-12)17(10,15)16/h10-11,14H,3-9H2,1-2H3. The molecule has 0 amide bonds. The van der Waals surface area contributed by atoms with Crippen molar-refractivity contribution in [2.24, 2.45) is 0 Å². The SMILES string of the molecule is CN(C)CCC1(O)CC2CCCC(C1)S2(=O)=O. The molecule has 17 heavy (non-hydrogen) atoms. The van der Waals surface area contributed by atoms with Crippen LogP contribution in [0.1, 0.15) is 38.5 Å². The second-order valence-electron chi connectivity index (χ2n) is 5.95. The number of hydrogen-bond acceptors (Lipinski definition) is 4. The van der Waals surface area contributed by atoms with E-state index in [0.717, 1.165) is 25.8 Å². The van der Waals surface area contributed by atoms with Gasteiger partial charge in [0.25, 0.3) is 0 Å². The van der Waals surface area contributed by atoms with Gasteiger partial charge in [0.15, 0.2) is 9.84 Å². The number of hydrogen-bond donors (Lipinski definition) is 1. The van der Waals surface area contributed by atoms with Crippen molar-refractivity contribution in [3.63, 3.8) is 0 Å². The third-order valence-corrected chi connectivity index (χ3v) is 6.88. The predicted molar refractivity (Wildman–Crippen MR) is 67.7 cm³/mol. The van der Waals surface area contributed by atoms with Crippen LogP contribution >= 0.6 is 0 Å². The monoisotopic (exact) mass is 261 g/mol. The van der Waals surface area contributed by atoms with Gasteiger partial charge in [-0.15, -0.1) is 0 Å². The van der Waals surface area contributed by atoms with Crippen LogP contribution in [0.15, 0.2) is 0 Å². The molecule has 0 spiro atoms. The second kappa shape index (κ2) is 4.52. The highest BCUT2D eigenvalue weighted by molar-refractivity contribution is 7.92. The summed E-state index contributed by atoms with van der Waals surface area (Å²) in [6, 6.07) is 0. The zero-order valence-corrected chi connectivity index (χ0v) is 11.5. The van der Waals surface area contributed by atoms with Crippen molar-refractivity contribution >= 4 is 9.84 Å². The molecular formula is C12H23NO3S. The average Bonchev–Trinajstić information content (AvgIpc) is 2.18. The minimum atomic E-state index is -2.95. The first-order valence-electron chi connectivity index (χ1n) is 6.43. The summed E-state index contributed by atoms with van der Waals surface area (Å²) in [6.45, 7) is 0.815. The molecule has 0 aromatic carbocycles. The van der Waals surface area contributed by atoms with Crippen LogP contribution < -0.4 is 0 Å². The van der Waals surface area contributed by atoms with Gasteiger partial charge in [-0.05, 0) is 46.2 Å². The van der Waals surface area contributed by atoms with E-state index in [1.54, 1.807) is 0 Å². The highest BCUT2D eigenvalue weighted by Gasteiger charge is 2.49. The number of rotatable bonds is 3. The topological polar surface area (TPSA) is 57.6 Å². The van der Waals surface area contributed by atoms with E-state index in [0.29, 0.717) is 19.3 Å². The molecule has 4 nitrogen and oxygen atoms in total. The smallest absolute Gasteiger partial charge is 0.156 e. The molecule has 2 rings (SSSR count). The third-order valence-electron chi connectivity index (χ3n) is 4.22.